The van der Waals surface area contributed by atoms with E-state index < -0.39 is 0 Å². The van der Waals surface area contributed by atoms with Gasteiger partial charge in [0.05, 0.1) is 0 Å². The van der Waals surface area contributed by atoms with Gasteiger partial charge in [-0.15, -0.1) is 0 Å². The first-order valence-corrected chi connectivity index (χ1v) is 8.65. The van der Waals surface area contributed by atoms with Gasteiger partial charge in [-0.3, -0.25) is 0 Å². The van der Waals surface area contributed by atoms with Crippen molar-refractivity contribution in [2.24, 2.45) is 5.92 Å². The summed E-state index contributed by atoms with van der Waals surface area (Å²) in [5.74, 6) is 0.763. The van der Waals surface area contributed by atoms with E-state index in [0.717, 1.165) is 23.4 Å². The maximum Gasteiger partial charge on any atom is 0.124 e. The normalized spacial score (nSPS) is 17.6. The molecule has 1 aliphatic carbocycles. The highest BCUT2D eigenvalue weighted by Crippen LogP contribution is 2.29. The fraction of sp³-hybridized carbons (Fsp3) is 0.647. The number of hydrogen-bond donors (Lipinski definition) is 1. The van der Waals surface area contributed by atoms with Gasteiger partial charge in [0, 0.05) is 10.5 Å². The highest BCUT2D eigenvalue weighted by atomic mass is 79.9. The van der Waals surface area contributed by atoms with Gasteiger partial charge < -0.3 is 5.32 Å². The predicted molar refractivity (Wildman–Crippen MR) is 86.5 cm³/mol. The molecule has 1 aromatic carbocycles. The summed E-state index contributed by atoms with van der Waals surface area (Å²) >= 11 is 3.48. The zero-order valence-corrected chi connectivity index (χ0v) is 13.9. The Morgan fingerprint density at radius 1 is 1.35 bits per heavy atom. The molecule has 0 radical (unpaired) electrons. The number of likely N-dealkylation sites (N-methyl/N-ethyl adjacent to an activating group) is 1. The van der Waals surface area contributed by atoms with Gasteiger partial charge in [-0.25, -0.2) is 4.39 Å². The van der Waals surface area contributed by atoms with E-state index >= 15 is 0 Å². The molecule has 1 aliphatic rings. The van der Waals surface area contributed by atoms with Crippen molar-refractivity contribution < 1.29 is 4.39 Å². The van der Waals surface area contributed by atoms with E-state index in [1.165, 1.54) is 44.1 Å². The van der Waals surface area contributed by atoms with E-state index in [9.17, 15) is 4.39 Å². The van der Waals surface area contributed by atoms with Crippen LogP contribution in [0, 0.1) is 11.7 Å². The summed E-state index contributed by atoms with van der Waals surface area (Å²) in [5, 5.41) is 3.58. The van der Waals surface area contributed by atoms with Crippen LogP contribution in [0.15, 0.2) is 22.7 Å². The summed E-state index contributed by atoms with van der Waals surface area (Å²) in [6, 6.07) is 5.52. The number of rotatable bonds is 7. The molecule has 0 aromatic heterocycles. The molecule has 1 saturated carbocycles. The quantitative estimate of drug-likeness (QED) is 0.729. The van der Waals surface area contributed by atoms with Crippen LogP contribution < -0.4 is 5.32 Å². The minimum atomic E-state index is -0.174. The van der Waals surface area contributed by atoms with Crippen LogP contribution in [0.3, 0.4) is 0 Å². The first-order valence-electron chi connectivity index (χ1n) is 7.86. The predicted octanol–water partition coefficient (Wildman–Crippen LogP) is 5.08. The maximum absolute atomic E-state index is 13.1. The lowest BCUT2D eigenvalue weighted by Gasteiger charge is -2.20. The van der Waals surface area contributed by atoms with Gasteiger partial charge in [0.25, 0.3) is 0 Å². The monoisotopic (exact) mass is 341 g/mol. The van der Waals surface area contributed by atoms with Crippen LogP contribution in [0.4, 0.5) is 4.39 Å². The van der Waals surface area contributed by atoms with E-state index in [1.807, 2.05) is 6.07 Å². The summed E-state index contributed by atoms with van der Waals surface area (Å²) in [4.78, 5) is 0. The van der Waals surface area contributed by atoms with Gasteiger partial charge in [0.2, 0.25) is 0 Å². The Morgan fingerprint density at radius 2 is 2.10 bits per heavy atom. The Bertz CT molecular complexity index is 415. The lowest BCUT2D eigenvalue weighted by molar-refractivity contribution is 0.407. The van der Waals surface area contributed by atoms with Gasteiger partial charge in [0.1, 0.15) is 5.82 Å². The number of nitrogens with one attached hydrogen (secondary N) is 1. The van der Waals surface area contributed by atoms with E-state index in [2.05, 4.69) is 28.2 Å². The standard InChI is InChI=1S/C17H25BrFN/c1-2-20-16(10-7-13-5-3-4-6-13)11-14-8-9-15(19)12-17(14)18/h8-9,12-13,16,20H,2-7,10-11H2,1H3. The molecule has 2 rings (SSSR count). The number of benzene rings is 1. The Hall–Kier alpha value is -0.410. The molecule has 1 N–H and O–H groups in total. The smallest absolute Gasteiger partial charge is 0.124 e. The molecular weight excluding hydrogens is 317 g/mol. The molecule has 0 saturated heterocycles. The minimum absolute atomic E-state index is 0.174. The molecule has 112 valence electrons. The second kappa shape index (κ2) is 8.14. The third-order valence-electron chi connectivity index (χ3n) is 4.37. The molecule has 20 heavy (non-hydrogen) atoms. The van der Waals surface area contributed by atoms with E-state index in [-0.39, 0.29) is 5.82 Å². The topological polar surface area (TPSA) is 12.0 Å². The first-order chi connectivity index (χ1) is 9.69. The molecule has 1 aromatic rings. The molecular formula is C17H25BrFN. The van der Waals surface area contributed by atoms with Gasteiger partial charge in [-0.2, -0.15) is 0 Å². The van der Waals surface area contributed by atoms with Crippen LogP contribution in [-0.2, 0) is 6.42 Å². The van der Waals surface area contributed by atoms with Crippen molar-refractivity contribution in [2.75, 3.05) is 6.54 Å². The van der Waals surface area contributed by atoms with Crippen LogP contribution in [0.1, 0.15) is 51.0 Å². The third kappa shape index (κ3) is 4.85. The maximum atomic E-state index is 13.1. The molecule has 0 heterocycles. The fourth-order valence-electron chi connectivity index (χ4n) is 3.25. The third-order valence-corrected chi connectivity index (χ3v) is 5.11. The number of halogens is 2. The molecule has 1 unspecified atom stereocenters. The lowest BCUT2D eigenvalue weighted by atomic mass is 9.95. The van der Waals surface area contributed by atoms with E-state index in [1.54, 1.807) is 12.1 Å². The van der Waals surface area contributed by atoms with Gasteiger partial charge >= 0.3 is 0 Å². The van der Waals surface area contributed by atoms with Gasteiger partial charge in [-0.1, -0.05) is 54.6 Å². The Labute approximate surface area is 130 Å². The van der Waals surface area contributed by atoms with E-state index in [4.69, 9.17) is 0 Å². The van der Waals surface area contributed by atoms with Crippen molar-refractivity contribution in [1.82, 2.24) is 5.32 Å². The first kappa shape index (κ1) is 16.0. The van der Waals surface area contributed by atoms with Gasteiger partial charge in [-0.05, 0) is 49.4 Å². The SMILES string of the molecule is CCNC(CCC1CCCC1)Cc1ccc(F)cc1Br. The summed E-state index contributed by atoms with van der Waals surface area (Å²) in [7, 11) is 0. The lowest BCUT2D eigenvalue weighted by Crippen LogP contribution is -2.31. The molecule has 1 nitrogen and oxygen atoms in total. The van der Waals surface area contributed by atoms with Crippen molar-refractivity contribution in [3.63, 3.8) is 0 Å². The second-order valence-corrected chi connectivity index (χ2v) is 6.78. The zero-order valence-electron chi connectivity index (χ0n) is 12.3. The molecule has 1 fully saturated rings. The highest BCUT2D eigenvalue weighted by molar-refractivity contribution is 9.10. The summed E-state index contributed by atoms with van der Waals surface area (Å²) in [6.45, 7) is 3.15. The molecule has 0 amide bonds. The Balaban J connectivity index is 1.90. The summed E-state index contributed by atoms with van der Waals surface area (Å²) in [6.07, 6.45) is 9.19. The molecule has 1 atom stereocenters. The van der Waals surface area contributed by atoms with Crippen LogP contribution in [0.5, 0.6) is 0 Å². The Kier molecular flexibility index (Phi) is 6.50. The van der Waals surface area contributed by atoms with Crippen molar-refractivity contribution in [3.8, 4) is 0 Å². The largest absolute Gasteiger partial charge is 0.314 e. The highest BCUT2D eigenvalue weighted by Gasteiger charge is 2.18. The van der Waals surface area contributed by atoms with Crippen LogP contribution in [-0.4, -0.2) is 12.6 Å². The Morgan fingerprint density at radius 3 is 2.75 bits per heavy atom. The van der Waals surface area contributed by atoms with Crippen molar-refractivity contribution in [1.29, 1.82) is 0 Å². The number of hydrogen-bond acceptors (Lipinski definition) is 1. The zero-order chi connectivity index (χ0) is 14.4. The van der Waals surface area contributed by atoms with Gasteiger partial charge in [0.15, 0.2) is 0 Å². The summed E-state index contributed by atoms with van der Waals surface area (Å²) in [5.41, 5.74) is 1.20. The molecule has 0 bridgehead atoms. The average molecular weight is 342 g/mol. The van der Waals surface area contributed by atoms with E-state index in [0.29, 0.717) is 6.04 Å². The van der Waals surface area contributed by atoms with Crippen LogP contribution in [0.25, 0.3) is 0 Å². The van der Waals surface area contributed by atoms with Crippen molar-refractivity contribution in [3.05, 3.63) is 34.1 Å². The molecule has 3 heteroatoms. The molecule has 0 spiro atoms. The average Bonchev–Trinajstić information content (AvgIpc) is 2.92. The van der Waals surface area contributed by atoms with Crippen LogP contribution >= 0.6 is 15.9 Å². The van der Waals surface area contributed by atoms with Crippen molar-refractivity contribution >= 4 is 15.9 Å². The second-order valence-electron chi connectivity index (χ2n) is 5.92. The summed E-state index contributed by atoms with van der Waals surface area (Å²) < 4.78 is 14.0. The molecule has 0 aliphatic heterocycles. The fourth-order valence-corrected chi connectivity index (χ4v) is 3.77. The van der Waals surface area contributed by atoms with Crippen LogP contribution in [0.2, 0.25) is 0 Å². The minimum Gasteiger partial charge on any atom is -0.314 e. The van der Waals surface area contributed by atoms with Crippen molar-refractivity contribution in [2.45, 2.75) is 57.9 Å².